The Morgan fingerprint density at radius 1 is 0.561 bits per heavy atom. The summed E-state index contributed by atoms with van der Waals surface area (Å²) < 4.78 is 14.4. The molecule has 0 amide bonds. The van der Waals surface area contributed by atoms with Gasteiger partial charge in [0.15, 0.2) is 0 Å². The van der Waals surface area contributed by atoms with Gasteiger partial charge in [0.25, 0.3) is 0 Å². The Balaban J connectivity index is 1.37. The first kappa shape index (κ1) is 23.8. The maximum atomic E-state index is 14.4. The molecule has 0 fully saturated rings. The molecular formula is C37H26FN3. The molecule has 0 saturated carbocycles. The Morgan fingerprint density at radius 2 is 1.05 bits per heavy atom. The third-order valence-corrected chi connectivity index (χ3v) is 8.65. The van der Waals surface area contributed by atoms with Crippen molar-refractivity contribution in [3.8, 4) is 22.4 Å². The predicted octanol–water partition coefficient (Wildman–Crippen LogP) is 9.05. The van der Waals surface area contributed by atoms with Gasteiger partial charge in [-0.05, 0) is 71.5 Å². The molecule has 41 heavy (non-hydrogen) atoms. The summed E-state index contributed by atoms with van der Waals surface area (Å²) in [6.45, 7) is 3.45. The van der Waals surface area contributed by atoms with Crippen LogP contribution in [0.25, 0.3) is 22.4 Å². The molecule has 4 heteroatoms. The third-order valence-electron chi connectivity index (χ3n) is 8.65. The fraction of sp³-hybridized carbons (Fsp3) is 0.0811. The zero-order valence-electron chi connectivity index (χ0n) is 22.8. The van der Waals surface area contributed by atoms with Crippen LogP contribution in [0.3, 0.4) is 0 Å². The molecule has 0 N–H and O–H groups in total. The first-order chi connectivity index (χ1) is 20.1. The van der Waals surface area contributed by atoms with Gasteiger partial charge >= 0.3 is 0 Å². The molecule has 0 bridgehead atoms. The summed E-state index contributed by atoms with van der Waals surface area (Å²) in [5.74, 6) is -0.0497. The molecule has 1 spiro atoms. The number of nitrogens with zero attached hydrogens (tertiary/aromatic N) is 3. The number of fused-ring (bicyclic) bond motifs is 9. The molecule has 0 radical (unpaired) electrons. The van der Waals surface area contributed by atoms with Crippen LogP contribution in [0.2, 0.25) is 0 Å². The van der Waals surface area contributed by atoms with Crippen LogP contribution in [0.5, 0.6) is 0 Å². The van der Waals surface area contributed by atoms with Gasteiger partial charge in [0.2, 0.25) is 5.95 Å². The van der Waals surface area contributed by atoms with E-state index in [0.717, 1.165) is 22.6 Å². The second kappa shape index (κ2) is 8.70. The average Bonchev–Trinajstić information content (AvgIpc) is 3.31. The lowest BCUT2D eigenvalue weighted by Crippen LogP contribution is -2.36. The van der Waals surface area contributed by atoms with Crippen LogP contribution >= 0.6 is 0 Å². The van der Waals surface area contributed by atoms with E-state index in [9.17, 15) is 4.39 Å². The number of hydrogen-bond acceptors (Lipinski definition) is 3. The maximum Gasteiger partial charge on any atom is 0.219 e. The highest BCUT2D eigenvalue weighted by atomic mass is 19.1. The Morgan fingerprint density at radius 3 is 1.61 bits per heavy atom. The van der Waals surface area contributed by atoms with Gasteiger partial charge in [-0.1, -0.05) is 97.1 Å². The van der Waals surface area contributed by atoms with Crippen LogP contribution in [-0.4, -0.2) is 9.97 Å². The molecule has 2 heterocycles. The van der Waals surface area contributed by atoms with Gasteiger partial charge in [0.1, 0.15) is 5.82 Å². The average molecular weight is 532 g/mol. The van der Waals surface area contributed by atoms with Gasteiger partial charge in [-0.2, -0.15) is 4.39 Å². The van der Waals surface area contributed by atoms with Crippen molar-refractivity contribution in [2.75, 3.05) is 4.90 Å². The third kappa shape index (κ3) is 3.19. The topological polar surface area (TPSA) is 29.0 Å². The zero-order chi connectivity index (χ0) is 27.7. The van der Waals surface area contributed by atoms with Crippen molar-refractivity contribution in [3.05, 3.63) is 161 Å². The molecule has 0 unspecified atom stereocenters. The summed E-state index contributed by atoms with van der Waals surface area (Å²) in [6, 6.07) is 43.4. The number of para-hydroxylation sites is 2. The minimum Gasteiger partial charge on any atom is -0.310 e. The summed E-state index contributed by atoms with van der Waals surface area (Å²) >= 11 is 0. The lowest BCUT2D eigenvalue weighted by Gasteiger charge is -2.45. The first-order valence-corrected chi connectivity index (χ1v) is 13.9. The van der Waals surface area contributed by atoms with Crippen LogP contribution in [0, 0.1) is 19.8 Å². The number of halogens is 1. The van der Waals surface area contributed by atoms with E-state index in [2.05, 4.69) is 124 Å². The van der Waals surface area contributed by atoms with Crippen molar-refractivity contribution in [2.24, 2.45) is 0 Å². The normalized spacial score (nSPS) is 13.9. The van der Waals surface area contributed by atoms with Gasteiger partial charge in [-0.25, -0.2) is 9.97 Å². The van der Waals surface area contributed by atoms with Crippen molar-refractivity contribution < 1.29 is 4.39 Å². The minimum absolute atomic E-state index is 0.425. The second-order valence-electron chi connectivity index (χ2n) is 10.8. The van der Waals surface area contributed by atoms with E-state index in [1.807, 2.05) is 12.1 Å². The fourth-order valence-corrected chi connectivity index (χ4v) is 6.98. The van der Waals surface area contributed by atoms with Crippen molar-refractivity contribution in [1.82, 2.24) is 9.97 Å². The predicted molar refractivity (Wildman–Crippen MR) is 162 cm³/mol. The van der Waals surface area contributed by atoms with E-state index in [1.54, 1.807) is 13.8 Å². The van der Waals surface area contributed by atoms with Gasteiger partial charge in [-0.15, -0.1) is 0 Å². The highest BCUT2D eigenvalue weighted by Gasteiger charge is 2.51. The quantitative estimate of drug-likeness (QED) is 0.208. The van der Waals surface area contributed by atoms with E-state index in [0.29, 0.717) is 17.1 Å². The van der Waals surface area contributed by atoms with Crippen molar-refractivity contribution in [2.45, 2.75) is 19.3 Å². The van der Waals surface area contributed by atoms with Crippen molar-refractivity contribution >= 4 is 17.1 Å². The van der Waals surface area contributed by atoms with Crippen LogP contribution in [0.1, 0.15) is 33.6 Å². The summed E-state index contributed by atoms with van der Waals surface area (Å²) in [5.41, 5.74) is 12.5. The van der Waals surface area contributed by atoms with E-state index in [4.69, 9.17) is 0 Å². The molecule has 5 aromatic carbocycles. The van der Waals surface area contributed by atoms with Crippen LogP contribution in [0.4, 0.5) is 21.5 Å². The zero-order valence-corrected chi connectivity index (χ0v) is 22.8. The van der Waals surface area contributed by atoms with Crippen molar-refractivity contribution in [3.63, 3.8) is 0 Å². The number of anilines is 3. The van der Waals surface area contributed by atoms with Crippen LogP contribution in [-0.2, 0) is 5.41 Å². The number of aromatic nitrogens is 2. The molecule has 2 aliphatic rings. The number of hydrogen-bond donors (Lipinski definition) is 0. The molecule has 6 aromatic rings. The molecule has 196 valence electrons. The number of rotatable bonds is 2. The Labute approximate surface area is 238 Å². The van der Waals surface area contributed by atoms with Gasteiger partial charge in [0.05, 0.1) is 22.5 Å². The number of aryl methyl sites for hydroxylation is 1. The van der Waals surface area contributed by atoms with Gasteiger partial charge < -0.3 is 4.90 Å². The summed E-state index contributed by atoms with van der Waals surface area (Å²) in [5, 5.41) is 0. The van der Waals surface area contributed by atoms with E-state index < -0.39 is 11.4 Å². The van der Waals surface area contributed by atoms with E-state index in [1.165, 1.54) is 33.4 Å². The lowest BCUT2D eigenvalue weighted by atomic mass is 9.64. The van der Waals surface area contributed by atoms with E-state index in [-0.39, 0.29) is 0 Å². The number of benzene rings is 5. The van der Waals surface area contributed by atoms with Crippen molar-refractivity contribution in [1.29, 1.82) is 0 Å². The standard InChI is InChI=1S/C37H26FN3/c1-23-35(39-24(2)40-36(23)38)25-19-21-26(22-20-25)41-33-17-9-7-15-31(33)37(32-16-8-10-18-34(32)41)29-13-5-3-11-27(29)28-12-4-6-14-30(28)37/h3-22H,1-2H3. The monoisotopic (exact) mass is 531 g/mol. The maximum absolute atomic E-state index is 14.4. The lowest BCUT2D eigenvalue weighted by molar-refractivity contribution is 0.565. The van der Waals surface area contributed by atoms with Crippen LogP contribution in [0.15, 0.2) is 121 Å². The first-order valence-electron chi connectivity index (χ1n) is 13.9. The fourth-order valence-electron chi connectivity index (χ4n) is 6.98. The second-order valence-corrected chi connectivity index (χ2v) is 10.8. The molecule has 8 rings (SSSR count). The molecular weight excluding hydrogens is 505 g/mol. The summed E-state index contributed by atoms with van der Waals surface area (Å²) in [7, 11) is 0. The Kier molecular flexibility index (Phi) is 5.05. The molecule has 1 aliphatic heterocycles. The highest BCUT2D eigenvalue weighted by molar-refractivity contribution is 5.95. The Bertz CT molecular complexity index is 1900. The smallest absolute Gasteiger partial charge is 0.219 e. The van der Waals surface area contributed by atoms with Gasteiger partial charge in [0, 0.05) is 16.8 Å². The SMILES string of the molecule is Cc1nc(F)c(C)c(-c2ccc(N3c4ccccc4C4(c5ccccc5-c5ccccc54)c4ccccc43)cc2)n1. The molecule has 3 nitrogen and oxygen atoms in total. The largest absolute Gasteiger partial charge is 0.310 e. The Hall–Kier alpha value is -5.09. The molecule has 0 saturated heterocycles. The summed E-state index contributed by atoms with van der Waals surface area (Å²) in [4.78, 5) is 10.8. The van der Waals surface area contributed by atoms with Crippen LogP contribution < -0.4 is 4.90 Å². The molecule has 1 aromatic heterocycles. The molecule has 1 aliphatic carbocycles. The minimum atomic E-state index is -0.474. The van der Waals surface area contributed by atoms with Gasteiger partial charge in [-0.3, -0.25) is 0 Å². The summed E-state index contributed by atoms with van der Waals surface area (Å²) in [6.07, 6.45) is 0. The highest BCUT2D eigenvalue weighted by Crippen LogP contribution is 2.63. The van der Waals surface area contributed by atoms with E-state index >= 15 is 0 Å². The molecule has 0 atom stereocenters.